The predicted molar refractivity (Wildman–Crippen MR) is 38.3 cm³/mol. The number of H-pyrrole nitrogens is 1. The largest absolute Gasteiger partial charge is 0.397 e. The Morgan fingerprint density at radius 1 is 1.50 bits per heavy atom. The van der Waals surface area contributed by atoms with Gasteiger partial charge in [-0.15, -0.1) is 0 Å². The van der Waals surface area contributed by atoms with Gasteiger partial charge in [-0.3, -0.25) is 10.1 Å². The molecule has 2 rings (SSSR count). The lowest BCUT2D eigenvalue weighted by atomic mass is 10.3. The van der Waals surface area contributed by atoms with Crippen molar-refractivity contribution in [3.8, 4) is 0 Å². The maximum absolute atomic E-state index is 5.58. The third-order valence-corrected chi connectivity index (χ3v) is 1.36. The molecular formula is C6H6N4. The number of aromatic nitrogens is 3. The molecule has 0 bridgehead atoms. The molecule has 0 aliphatic carbocycles. The SMILES string of the molecule is Nc1ccnc2c[nH]nc12. The number of fused-ring (bicyclic) bond motifs is 1. The number of nitrogen functional groups attached to an aromatic ring is 1. The smallest absolute Gasteiger partial charge is 0.133 e. The summed E-state index contributed by atoms with van der Waals surface area (Å²) < 4.78 is 0. The summed E-state index contributed by atoms with van der Waals surface area (Å²) in [5.41, 5.74) is 7.78. The highest BCUT2D eigenvalue weighted by Crippen LogP contribution is 2.13. The molecule has 50 valence electrons. The number of nitrogens with zero attached hydrogens (tertiary/aromatic N) is 2. The Morgan fingerprint density at radius 2 is 2.40 bits per heavy atom. The molecule has 0 fully saturated rings. The quantitative estimate of drug-likeness (QED) is 0.552. The number of hydrogen-bond donors (Lipinski definition) is 2. The number of hydrogen-bond acceptors (Lipinski definition) is 3. The summed E-state index contributed by atoms with van der Waals surface area (Å²) in [6, 6.07) is 1.73. The summed E-state index contributed by atoms with van der Waals surface area (Å²) in [5.74, 6) is 0. The van der Waals surface area contributed by atoms with Crippen LogP contribution in [0.25, 0.3) is 11.0 Å². The fraction of sp³-hybridized carbons (Fsp3) is 0. The fourth-order valence-corrected chi connectivity index (χ4v) is 0.871. The van der Waals surface area contributed by atoms with Crippen LogP contribution >= 0.6 is 0 Å². The molecule has 0 amide bonds. The van der Waals surface area contributed by atoms with Gasteiger partial charge in [0.05, 0.1) is 5.69 Å². The number of nitrogens with two attached hydrogens (primary N) is 1. The zero-order chi connectivity index (χ0) is 6.97. The molecule has 0 saturated carbocycles. The van der Waals surface area contributed by atoms with E-state index >= 15 is 0 Å². The first-order valence-electron chi connectivity index (χ1n) is 2.92. The zero-order valence-corrected chi connectivity index (χ0v) is 5.20. The Kier molecular flexibility index (Phi) is 0.887. The molecule has 0 saturated heterocycles. The van der Waals surface area contributed by atoms with E-state index in [1.807, 2.05) is 0 Å². The van der Waals surface area contributed by atoms with Crippen molar-refractivity contribution in [2.75, 3.05) is 5.73 Å². The minimum absolute atomic E-state index is 0.659. The van der Waals surface area contributed by atoms with Crippen LogP contribution in [0.1, 0.15) is 0 Å². The van der Waals surface area contributed by atoms with Gasteiger partial charge in [-0.25, -0.2) is 0 Å². The van der Waals surface area contributed by atoms with Crippen LogP contribution in [0.4, 0.5) is 5.69 Å². The fourth-order valence-electron chi connectivity index (χ4n) is 0.871. The van der Waals surface area contributed by atoms with Crippen LogP contribution in [0.3, 0.4) is 0 Å². The first-order valence-corrected chi connectivity index (χ1v) is 2.92. The minimum Gasteiger partial charge on any atom is -0.397 e. The molecule has 0 atom stereocenters. The van der Waals surface area contributed by atoms with Gasteiger partial charge in [0, 0.05) is 12.4 Å². The van der Waals surface area contributed by atoms with Crippen LogP contribution in [0, 0.1) is 0 Å². The van der Waals surface area contributed by atoms with Crippen LogP contribution in [-0.4, -0.2) is 15.2 Å². The molecule has 0 unspecified atom stereocenters. The van der Waals surface area contributed by atoms with E-state index in [1.54, 1.807) is 18.5 Å². The van der Waals surface area contributed by atoms with Gasteiger partial charge in [0.25, 0.3) is 0 Å². The molecule has 0 radical (unpaired) electrons. The Labute approximate surface area is 57.1 Å². The standard InChI is InChI=1S/C6H6N4/c7-4-1-2-8-5-3-9-10-6(4)5/h1-3H,(H2,7,8)(H,9,10). The van der Waals surface area contributed by atoms with E-state index in [0.29, 0.717) is 5.69 Å². The van der Waals surface area contributed by atoms with Crippen molar-refractivity contribution in [3.05, 3.63) is 18.5 Å². The molecule has 0 aromatic carbocycles. The van der Waals surface area contributed by atoms with E-state index in [1.165, 1.54) is 0 Å². The van der Waals surface area contributed by atoms with E-state index < -0.39 is 0 Å². The molecule has 3 N–H and O–H groups in total. The highest BCUT2D eigenvalue weighted by molar-refractivity contribution is 5.85. The van der Waals surface area contributed by atoms with Crippen molar-refractivity contribution in [3.63, 3.8) is 0 Å². The first-order chi connectivity index (χ1) is 4.88. The summed E-state index contributed by atoms with van der Waals surface area (Å²) in [5, 5.41) is 6.59. The zero-order valence-electron chi connectivity index (χ0n) is 5.20. The van der Waals surface area contributed by atoms with Crippen LogP contribution < -0.4 is 5.73 Å². The Hall–Kier alpha value is -1.58. The number of anilines is 1. The van der Waals surface area contributed by atoms with Crippen LogP contribution in [0.5, 0.6) is 0 Å². The Bertz CT molecular complexity index is 351. The lowest BCUT2D eigenvalue weighted by molar-refractivity contribution is 1.12. The lowest BCUT2D eigenvalue weighted by Crippen LogP contribution is -1.86. The summed E-state index contributed by atoms with van der Waals surface area (Å²) >= 11 is 0. The number of nitrogens with one attached hydrogen (secondary N) is 1. The van der Waals surface area contributed by atoms with Crippen LogP contribution in [0.2, 0.25) is 0 Å². The Morgan fingerprint density at radius 3 is 3.20 bits per heavy atom. The summed E-state index contributed by atoms with van der Waals surface area (Å²) in [7, 11) is 0. The minimum atomic E-state index is 0.659. The predicted octanol–water partition coefficient (Wildman–Crippen LogP) is 0.540. The Balaban J connectivity index is 2.95. The second-order valence-corrected chi connectivity index (χ2v) is 2.02. The van der Waals surface area contributed by atoms with Gasteiger partial charge in [-0.1, -0.05) is 0 Å². The third kappa shape index (κ3) is 0.556. The average Bonchev–Trinajstić information content (AvgIpc) is 2.36. The van der Waals surface area contributed by atoms with Crippen LogP contribution in [0.15, 0.2) is 18.5 Å². The summed E-state index contributed by atoms with van der Waals surface area (Å²) in [6.07, 6.45) is 3.37. The highest BCUT2D eigenvalue weighted by atomic mass is 15.1. The monoisotopic (exact) mass is 134 g/mol. The molecule has 2 aromatic heterocycles. The van der Waals surface area contributed by atoms with E-state index in [4.69, 9.17) is 5.73 Å². The normalized spacial score (nSPS) is 10.4. The van der Waals surface area contributed by atoms with Gasteiger partial charge >= 0.3 is 0 Å². The van der Waals surface area contributed by atoms with Gasteiger partial charge in [-0.2, -0.15) is 5.10 Å². The van der Waals surface area contributed by atoms with Gasteiger partial charge < -0.3 is 5.73 Å². The molecule has 0 aliphatic rings. The molecule has 4 heteroatoms. The van der Waals surface area contributed by atoms with E-state index in [9.17, 15) is 0 Å². The number of aromatic amines is 1. The molecular weight excluding hydrogens is 128 g/mol. The van der Waals surface area contributed by atoms with Gasteiger partial charge in [-0.05, 0) is 6.07 Å². The average molecular weight is 134 g/mol. The lowest BCUT2D eigenvalue weighted by Gasteiger charge is -1.89. The number of pyridine rings is 1. The maximum atomic E-state index is 5.58. The molecule has 0 spiro atoms. The van der Waals surface area contributed by atoms with Crippen molar-refractivity contribution in [2.45, 2.75) is 0 Å². The molecule has 2 aromatic rings. The van der Waals surface area contributed by atoms with Gasteiger partial charge in [0.1, 0.15) is 11.0 Å². The third-order valence-electron chi connectivity index (χ3n) is 1.36. The first kappa shape index (κ1) is 5.22. The second kappa shape index (κ2) is 1.70. The topological polar surface area (TPSA) is 67.6 Å². The van der Waals surface area contributed by atoms with E-state index in [0.717, 1.165) is 11.0 Å². The molecule has 10 heavy (non-hydrogen) atoms. The summed E-state index contributed by atoms with van der Waals surface area (Å²) in [4.78, 5) is 4.03. The van der Waals surface area contributed by atoms with E-state index in [2.05, 4.69) is 15.2 Å². The van der Waals surface area contributed by atoms with Crippen molar-refractivity contribution in [2.24, 2.45) is 0 Å². The van der Waals surface area contributed by atoms with Gasteiger partial charge in [0.2, 0.25) is 0 Å². The second-order valence-electron chi connectivity index (χ2n) is 2.02. The van der Waals surface area contributed by atoms with Crippen molar-refractivity contribution in [1.29, 1.82) is 0 Å². The summed E-state index contributed by atoms with van der Waals surface area (Å²) in [6.45, 7) is 0. The van der Waals surface area contributed by atoms with Crippen molar-refractivity contribution in [1.82, 2.24) is 15.2 Å². The van der Waals surface area contributed by atoms with Crippen molar-refractivity contribution >= 4 is 16.7 Å². The highest BCUT2D eigenvalue weighted by Gasteiger charge is 1.98. The molecule has 4 nitrogen and oxygen atoms in total. The number of rotatable bonds is 0. The van der Waals surface area contributed by atoms with Crippen molar-refractivity contribution < 1.29 is 0 Å². The molecule has 2 heterocycles. The molecule has 0 aliphatic heterocycles. The van der Waals surface area contributed by atoms with Gasteiger partial charge in [0.15, 0.2) is 0 Å². The van der Waals surface area contributed by atoms with Crippen LogP contribution in [-0.2, 0) is 0 Å². The maximum Gasteiger partial charge on any atom is 0.133 e. The van der Waals surface area contributed by atoms with E-state index in [-0.39, 0.29) is 0 Å².